The molecule has 0 radical (unpaired) electrons. The van der Waals surface area contributed by atoms with Gasteiger partial charge in [-0.15, -0.1) is 11.3 Å². The minimum absolute atomic E-state index is 0.0112. The van der Waals surface area contributed by atoms with Crippen LogP contribution in [0.4, 0.5) is 4.39 Å². The molecule has 218 valence electrons. The summed E-state index contributed by atoms with van der Waals surface area (Å²) in [5.74, 6) is 0.700. The van der Waals surface area contributed by atoms with E-state index in [2.05, 4.69) is 135 Å². The van der Waals surface area contributed by atoms with Gasteiger partial charge in [0.1, 0.15) is 11.6 Å². The second-order valence-electron chi connectivity index (χ2n) is 12.6. The summed E-state index contributed by atoms with van der Waals surface area (Å²) in [7, 11) is 0. The van der Waals surface area contributed by atoms with E-state index >= 15 is 0 Å². The molecular formula is C41H31FN2S. The first-order chi connectivity index (χ1) is 21.8. The molecule has 0 saturated heterocycles. The van der Waals surface area contributed by atoms with Crippen LogP contribution in [0.25, 0.3) is 70.5 Å². The van der Waals surface area contributed by atoms with Gasteiger partial charge in [0.05, 0.1) is 16.7 Å². The van der Waals surface area contributed by atoms with E-state index < -0.39 is 0 Å². The highest BCUT2D eigenvalue weighted by Crippen LogP contribution is 2.43. The number of para-hydroxylation sites is 2. The molecule has 0 aliphatic heterocycles. The molecule has 2 heterocycles. The largest absolute Gasteiger partial charge is 0.292 e. The first kappa shape index (κ1) is 27.5. The molecule has 0 aliphatic carbocycles. The van der Waals surface area contributed by atoms with Gasteiger partial charge in [0.15, 0.2) is 0 Å². The van der Waals surface area contributed by atoms with Crippen LogP contribution in [-0.4, -0.2) is 9.55 Å². The lowest BCUT2D eigenvalue weighted by Gasteiger charge is -2.23. The van der Waals surface area contributed by atoms with Gasteiger partial charge in [-0.2, -0.15) is 0 Å². The fraction of sp³-hybridized carbons (Fsp3) is 0.0976. The number of benzene rings is 6. The molecule has 0 N–H and O–H groups in total. The normalized spacial score (nSPS) is 12.0. The quantitative estimate of drug-likeness (QED) is 0.196. The molecule has 2 aromatic heterocycles. The number of halogens is 1. The van der Waals surface area contributed by atoms with Crippen molar-refractivity contribution in [2.75, 3.05) is 0 Å². The number of imidazole rings is 1. The Morgan fingerprint density at radius 1 is 0.622 bits per heavy atom. The van der Waals surface area contributed by atoms with Crippen LogP contribution in [0.3, 0.4) is 0 Å². The van der Waals surface area contributed by atoms with Gasteiger partial charge in [0, 0.05) is 31.3 Å². The zero-order valence-corrected chi connectivity index (χ0v) is 26.2. The zero-order valence-electron chi connectivity index (χ0n) is 25.4. The van der Waals surface area contributed by atoms with Crippen LogP contribution in [-0.2, 0) is 5.41 Å². The molecule has 0 saturated carbocycles. The van der Waals surface area contributed by atoms with Crippen LogP contribution >= 0.6 is 11.3 Å². The molecule has 0 fully saturated rings. The average molecular weight is 603 g/mol. The number of hydrogen-bond donors (Lipinski definition) is 0. The summed E-state index contributed by atoms with van der Waals surface area (Å²) in [4.78, 5) is 5.29. The fourth-order valence-corrected chi connectivity index (χ4v) is 7.54. The lowest BCUT2D eigenvalue weighted by atomic mass is 9.85. The number of fused-ring (bicyclic) bond motifs is 4. The average Bonchev–Trinajstić information content (AvgIpc) is 3.63. The van der Waals surface area contributed by atoms with E-state index in [-0.39, 0.29) is 11.2 Å². The van der Waals surface area contributed by atoms with Crippen molar-refractivity contribution in [3.63, 3.8) is 0 Å². The maximum atomic E-state index is 13.6. The van der Waals surface area contributed by atoms with Crippen LogP contribution in [0, 0.1) is 5.82 Å². The van der Waals surface area contributed by atoms with Crippen LogP contribution in [0.5, 0.6) is 0 Å². The maximum Gasteiger partial charge on any atom is 0.147 e. The first-order valence-corrected chi connectivity index (χ1v) is 16.1. The second kappa shape index (κ2) is 10.5. The molecule has 0 aliphatic rings. The monoisotopic (exact) mass is 602 g/mol. The van der Waals surface area contributed by atoms with E-state index in [1.165, 1.54) is 49.0 Å². The van der Waals surface area contributed by atoms with Crippen molar-refractivity contribution in [1.29, 1.82) is 0 Å². The van der Waals surface area contributed by atoms with Gasteiger partial charge in [0.25, 0.3) is 0 Å². The highest BCUT2D eigenvalue weighted by molar-refractivity contribution is 7.26. The summed E-state index contributed by atoms with van der Waals surface area (Å²) in [6, 6.07) is 45.7. The standard InChI is InChI=1S/C41H31FN2S/c1-41(2,3)29-19-23-36(34(25-29)27-10-5-4-6-11-27)44-37-15-8-7-14-35(37)43-40(44)33-13-9-12-32-31-22-18-28(24-38(31)45-39(32)33)26-16-20-30(42)21-17-26/h4-25H,1-3H3. The summed E-state index contributed by atoms with van der Waals surface area (Å²) in [6.07, 6.45) is 0. The number of rotatable bonds is 4. The summed E-state index contributed by atoms with van der Waals surface area (Å²) in [6.45, 7) is 6.79. The van der Waals surface area contributed by atoms with Gasteiger partial charge in [-0.25, -0.2) is 9.37 Å². The van der Waals surface area contributed by atoms with E-state index in [4.69, 9.17) is 4.98 Å². The van der Waals surface area contributed by atoms with E-state index in [1.807, 2.05) is 12.1 Å². The van der Waals surface area contributed by atoms with Gasteiger partial charge >= 0.3 is 0 Å². The zero-order chi connectivity index (χ0) is 30.7. The maximum absolute atomic E-state index is 13.6. The molecule has 4 heteroatoms. The number of aromatic nitrogens is 2. The Morgan fingerprint density at radius 2 is 1.38 bits per heavy atom. The van der Waals surface area contributed by atoms with Crippen molar-refractivity contribution < 1.29 is 4.39 Å². The fourth-order valence-electron chi connectivity index (χ4n) is 6.29. The Kier molecular flexibility index (Phi) is 6.44. The second-order valence-corrected chi connectivity index (χ2v) is 13.7. The third-order valence-corrected chi connectivity index (χ3v) is 9.87. The molecular weight excluding hydrogens is 572 g/mol. The topological polar surface area (TPSA) is 17.8 Å². The smallest absolute Gasteiger partial charge is 0.147 e. The van der Waals surface area contributed by atoms with Crippen molar-refractivity contribution in [2.24, 2.45) is 0 Å². The lowest BCUT2D eigenvalue weighted by molar-refractivity contribution is 0.590. The molecule has 8 rings (SSSR count). The van der Waals surface area contributed by atoms with Crippen molar-refractivity contribution >= 4 is 42.5 Å². The SMILES string of the molecule is CC(C)(C)c1ccc(-n2c(-c3cccc4c3sc3cc(-c5ccc(F)cc5)ccc34)nc3ccccc32)c(-c2ccccc2)c1. The predicted molar refractivity (Wildman–Crippen MR) is 189 cm³/mol. The number of nitrogens with zero attached hydrogens (tertiary/aromatic N) is 2. The van der Waals surface area contributed by atoms with Crippen molar-refractivity contribution in [2.45, 2.75) is 26.2 Å². The predicted octanol–water partition coefficient (Wildman–Crippen LogP) is 11.8. The summed E-state index contributed by atoms with van der Waals surface area (Å²) < 4.78 is 18.4. The van der Waals surface area contributed by atoms with Gasteiger partial charge in [-0.05, 0) is 76.2 Å². The van der Waals surface area contributed by atoms with Gasteiger partial charge in [0.2, 0.25) is 0 Å². The minimum atomic E-state index is -0.224. The van der Waals surface area contributed by atoms with E-state index in [1.54, 1.807) is 11.3 Å². The highest BCUT2D eigenvalue weighted by atomic mass is 32.1. The third-order valence-electron chi connectivity index (χ3n) is 8.67. The molecule has 45 heavy (non-hydrogen) atoms. The van der Waals surface area contributed by atoms with Crippen molar-refractivity contribution in [3.05, 3.63) is 145 Å². The van der Waals surface area contributed by atoms with Crippen LogP contribution in [0.1, 0.15) is 26.3 Å². The molecule has 0 unspecified atom stereocenters. The Bertz CT molecular complexity index is 2360. The Hall–Kier alpha value is -5.06. The summed E-state index contributed by atoms with van der Waals surface area (Å²) in [5, 5.41) is 2.42. The molecule has 0 bridgehead atoms. The molecule has 0 spiro atoms. The van der Waals surface area contributed by atoms with Crippen LogP contribution < -0.4 is 0 Å². The van der Waals surface area contributed by atoms with Gasteiger partial charge in [-0.3, -0.25) is 4.57 Å². The minimum Gasteiger partial charge on any atom is -0.292 e. The molecule has 8 aromatic rings. The third kappa shape index (κ3) is 4.73. The number of hydrogen-bond acceptors (Lipinski definition) is 2. The Morgan fingerprint density at radius 3 is 2.18 bits per heavy atom. The highest BCUT2D eigenvalue weighted by Gasteiger charge is 2.22. The van der Waals surface area contributed by atoms with E-state index in [9.17, 15) is 4.39 Å². The summed E-state index contributed by atoms with van der Waals surface area (Å²) in [5.41, 5.74) is 9.99. The number of thiophene rings is 1. The lowest BCUT2D eigenvalue weighted by Crippen LogP contribution is -2.12. The Labute approximate surface area is 266 Å². The van der Waals surface area contributed by atoms with Crippen molar-refractivity contribution in [1.82, 2.24) is 9.55 Å². The van der Waals surface area contributed by atoms with E-state index in [0.29, 0.717) is 0 Å². The van der Waals surface area contributed by atoms with Gasteiger partial charge in [-0.1, -0.05) is 106 Å². The Balaban J connectivity index is 1.39. The van der Waals surface area contributed by atoms with Crippen LogP contribution in [0.2, 0.25) is 0 Å². The first-order valence-electron chi connectivity index (χ1n) is 15.2. The van der Waals surface area contributed by atoms with Crippen LogP contribution in [0.15, 0.2) is 133 Å². The van der Waals surface area contributed by atoms with E-state index in [0.717, 1.165) is 39.2 Å². The molecule has 6 aromatic carbocycles. The molecule has 2 nitrogen and oxygen atoms in total. The van der Waals surface area contributed by atoms with Crippen molar-refractivity contribution in [3.8, 4) is 39.3 Å². The molecule has 0 amide bonds. The van der Waals surface area contributed by atoms with Gasteiger partial charge < -0.3 is 0 Å². The molecule has 0 atom stereocenters. The summed E-state index contributed by atoms with van der Waals surface area (Å²) >= 11 is 1.79.